The number of esters is 1. The lowest BCUT2D eigenvalue weighted by molar-refractivity contribution is -0.129. The van der Waals surface area contributed by atoms with Gasteiger partial charge in [0.1, 0.15) is 5.82 Å². The molecule has 0 fully saturated rings. The number of nitrogens with zero attached hydrogens (tertiary/aromatic N) is 2. The van der Waals surface area contributed by atoms with E-state index in [9.17, 15) is 9.18 Å². The first-order valence-electron chi connectivity index (χ1n) is 6.44. The monoisotopic (exact) mass is 292 g/mol. The predicted octanol–water partition coefficient (Wildman–Crippen LogP) is 3.04. The zero-order valence-corrected chi connectivity index (χ0v) is 11.3. The van der Waals surface area contributed by atoms with Crippen LogP contribution in [0.25, 0.3) is 6.08 Å². The van der Waals surface area contributed by atoms with Crippen molar-refractivity contribution in [2.24, 2.45) is 4.99 Å². The van der Waals surface area contributed by atoms with Crippen LogP contribution in [0.2, 0.25) is 0 Å². The van der Waals surface area contributed by atoms with Crippen molar-refractivity contribution in [2.75, 3.05) is 0 Å². The predicted molar refractivity (Wildman–Crippen MR) is 78.2 cm³/mol. The number of benzene rings is 2. The average molecular weight is 292 g/mol. The number of aliphatic imine (C=N–C) groups is 1. The standard InChI is InChI=1S/C17H9FN2O2/c18-14-7-5-13(6-8-14)16-20-15(17(21)22-16)9-11-1-3-12(10-19)4-2-11/h1-9H. The van der Waals surface area contributed by atoms with Crippen molar-refractivity contribution in [3.63, 3.8) is 0 Å². The first kappa shape index (κ1) is 13.7. The summed E-state index contributed by atoms with van der Waals surface area (Å²) in [5.74, 6) is -0.796. The molecule has 0 bridgehead atoms. The highest BCUT2D eigenvalue weighted by molar-refractivity contribution is 6.12. The second-order valence-corrected chi connectivity index (χ2v) is 4.58. The Hall–Kier alpha value is -3.26. The summed E-state index contributed by atoms with van der Waals surface area (Å²) in [6.45, 7) is 0. The normalized spacial score (nSPS) is 15.4. The number of rotatable bonds is 2. The minimum atomic E-state index is -0.566. The summed E-state index contributed by atoms with van der Waals surface area (Å²) in [6, 6.07) is 14.3. The molecule has 1 aliphatic rings. The first-order chi connectivity index (χ1) is 10.7. The van der Waals surface area contributed by atoms with E-state index in [-0.39, 0.29) is 17.4 Å². The molecule has 0 atom stereocenters. The lowest BCUT2D eigenvalue weighted by atomic mass is 10.1. The third-order valence-corrected chi connectivity index (χ3v) is 3.05. The summed E-state index contributed by atoms with van der Waals surface area (Å²) >= 11 is 0. The van der Waals surface area contributed by atoms with Gasteiger partial charge in [0.15, 0.2) is 5.70 Å². The van der Waals surface area contributed by atoms with Crippen LogP contribution in [-0.2, 0) is 9.53 Å². The third kappa shape index (κ3) is 2.76. The molecular weight excluding hydrogens is 283 g/mol. The van der Waals surface area contributed by atoms with Crippen LogP contribution in [0.1, 0.15) is 16.7 Å². The Morgan fingerprint density at radius 2 is 1.77 bits per heavy atom. The number of ether oxygens (including phenoxy) is 1. The van der Waals surface area contributed by atoms with Crippen LogP contribution in [0.4, 0.5) is 4.39 Å². The first-order valence-corrected chi connectivity index (χ1v) is 6.44. The van der Waals surface area contributed by atoms with E-state index in [0.717, 1.165) is 5.56 Å². The molecule has 5 heteroatoms. The molecule has 2 aromatic rings. The lowest BCUT2D eigenvalue weighted by Gasteiger charge is -1.98. The Balaban J connectivity index is 1.90. The Kier molecular flexibility index (Phi) is 3.50. The van der Waals surface area contributed by atoms with Crippen LogP contribution in [0.15, 0.2) is 59.2 Å². The van der Waals surface area contributed by atoms with Crippen molar-refractivity contribution >= 4 is 17.9 Å². The van der Waals surface area contributed by atoms with Gasteiger partial charge in [-0.3, -0.25) is 0 Å². The van der Waals surface area contributed by atoms with Crippen molar-refractivity contribution in [2.45, 2.75) is 0 Å². The summed E-state index contributed by atoms with van der Waals surface area (Å²) in [4.78, 5) is 15.9. The summed E-state index contributed by atoms with van der Waals surface area (Å²) in [6.07, 6.45) is 1.57. The lowest BCUT2D eigenvalue weighted by Crippen LogP contribution is -2.05. The van der Waals surface area contributed by atoms with Crippen LogP contribution in [0, 0.1) is 17.1 Å². The van der Waals surface area contributed by atoms with Gasteiger partial charge in [0.2, 0.25) is 5.90 Å². The van der Waals surface area contributed by atoms with E-state index in [1.807, 2.05) is 6.07 Å². The topological polar surface area (TPSA) is 62.4 Å². The fourth-order valence-electron chi connectivity index (χ4n) is 1.94. The van der Waals surface area contributed by atoms with Gasteiger partial charge in [-0.15, -0.1) is 0 Å². The summed E-state index contributed by atoms with van der Waals surface area (Å²) in [5, 5.41) is 8.75. The number of hydrogen-bond acceptors (Lipinski definition) is 4. The molecule has 1 heterocycles. The SMILES string of the molecule is N#Cc1ccc(C=C2N=C(c3ccc(F)cc3)OC2=O)cc1. The van der Waals surface area contributed by atoms with Crippen LogP contribution in [0.5, 0.6) is 0 Å². The number of carbonyl (C=O) groups excluding carboxylic acids is 1. The van der Waals surface area contributed by atoms with Gasteiger partial charge < -0.3 is 4.74 Å². The van der Waals surface area contributed by atoms with Crippen molar-refractivity contribution in [3.8, 4) is 6.07 Å². The molecule has 0 amide bonds. The number of hydrogen-bond donors (Lipinski definition) is 0. The van der Waals surface area contributed by atoms with Gasteiger partial charge in [-0.05, 0) is 48.0 Å². The minimum Gasteiger partial charge on any atom is -0.402 e. The van der Waals surface area contributed by atoms with Crippen molar-refractivity contribution in [3.05, 3.63) is 76.7 Å². The van der Waals surface area contributed by atoms with E-state index in [4.69, 9.17) is 10.00 Å². The smallest absolute Gasteiger partial charge is 0.363 e. The van der Waals surface area contributed by atoms with Crippen LogP contribution < -0.4 is 0 Å². The Morgan fingerprint density at radius 1 is 1.09 bits per heavy atom. The third-order valence-electron chi connectivity index (χ3n) is 3.05. The average Bonchev–Trinajstić information content (AvgIpc) is 2.90. The fraction of sp³-hybridized carbons (Fsp3) is 0. The number of halogens is 1. The summed E-state index contributed by atoms with van der Waals surface area (Å²) in [5.41, 5.74) is 1.95. The number of cyclic esters (lactones) is 1. The molecule has 2 aromatic carbocycles. The molecule has 22 heavy (non-hydrogen) atoms. The van der Waals surface area contributed by atoms with Crippen LogP contribution in [0.3, 0.4) is 0 Å². The molecule has 0 saturated heterocycles. The summed E-state index contributed by atoms with van der Waals surface area (Å²) in [7, 11) is 0. The zero-order valence-electron chi connectivity index (χ0n) is 11.3. The van der Waals surface area contributed by atoms with E-state index in [1.165, 1.54) is 24.3 Å². The van der Waals surface area contributed by atoms with Gasteiger partial charge in [-0.2, -0.15) is 5.26 Å². The van der Waals surface area contributed by atoms with E-state index >= 15 is 0 Å². The highest BCUT2D eigenvalue weighted by Crippen LogP contribution is 2.19. The minimum absolute atomic E-state index is 0.143. The maximum absolute atomic E-state index is 12.9. The Morgan fingerprint density at radius 3 is 2.41 bits per heavy atom. The fourth-order valence-corrected chi connectivity index (χ4v) is 1.94. The van der Waals surface area contributed by atoms with Gasteiger partial charge >= 0.3 is 5.97 Å². The van der Waals surface area contributed by atoms with Crippen molar-refractivity contribution < 1.29 is 13.9 Å². The van der Waals surface area contributed by atoms with E-state index in [0.29, 0.717) is 11.1 Å². The van der Waals surface area contributed by atoms with E-state index in [1.54, 1.807) is 30.3 Å². The maximum atomic E-state index is 12.9. The second kappa shape index (κ2) is 5.62. The highest BCUT2D eigenvalue weighted by atomic mass is 19.1. The van der Waals surface area contributed by atoms with E-state index in [2.05, 4.69) is 4.99 Å². The summed E-state index contributed by atoms with van der Waals surface area (Å²) < 4.78 is 18.0. The largest absolute Gasteiger partial charge is 0.402 e. The molecule has 0 aromatic heterocycles. The molecule has 106 valence electrons. The van der Waals surface area contributed by atoms with Crippen molar-refractivity contribution in [1.29, 1.82) is 5.26 Å². The zero-order chi connectivity index (χ0) is 15.5. The molecule has 0 saturated carbocycles. The molecule has 1 aliphatic heterocycles. The molecule has 0 unspecified atom stereocenters. The highest BCUT2D eigenvalue weighted by Gasteiger charge is 2.24. The van der Waals surface area contributed by atoms with Crippen molar-refractivity contribution in [1.82, 2.24) is 0 Å². The number of nitriles is 1. The Labute approximate surface area is 125 Å². The maximum Gasteiger partial charge on any atom is 0.363 e. The molecule has 3 rings (SSSR count). The van der Waals surface area contributed by atoms with Gasteiger partial charge in [-0.25, -0.2) is 14.2 Å². The molecule has 0 aliphatic carbocycles. The van der Waals surface area contributed by atoms with Gasteiger partial charge in [0.25, 0.3) is 0 Å². The van der Waals surface area contributed by atoms with Crippen LogP contribution in [-0.4, -0.2) is 11.9 Å². The molecule has 0 spiro atoms. The van der Waals surface area contributed by atoms with Gasteiger partial charge in [-0.1, -0.05) is 12.1 Å². The van der Waals surface area contributed by atoms with Crippen LogP contribution >= 0.6 is 0 Å². The Bertz CT molecular complexity index is 828. The molecule has 0 N–H and O–H groups in total. The molecular formula is C17H9FN2O2. The van der Waals surface area contributed by atoms with Gasteiger partial charge in [0, 0.05) is 5.56 Å². The quantitative estimate of drug-likeness (QED) is 0.631. The molecule has 4 nitrogen and oxygen atoms in total. The number of carbonyl (C=O) groups is 1. The van der Waals surface area contributed by atoms with E-state index < -0.39 is 5.97 Å². The molecule has 0 radical (unpaired) electrons. The van der Waals surface area contributed by atoms with Gasteiger partial charge in [0.05, 0.1) is 11.6 Å². The second-order valence-electron chi connectivity index (χ2n) is 4.58.